The first kappa shape index (κ1) is 27.2. The fourth-order valence-electron chi connectivity index (χ4n) is 4.61. The predicted molar refractivity (Wildman–Crippen MR) is 137 cm³/mol. The molecule has 0 amide bonds. The van der Waals surface area contributed by atoms with E-state index in [0.29, 0.717) is 39.8 Å². The maximum Gasteiger partial charge on any atom is 0.340 e. The number of aryl methyl sites for hydroxylation is 6. The van der Waals surface area contributed by atoms with Crippen molar-refractivity contribution in [3.63, 3.8) is 0 Å². The van der Waals surface area contributed by atoms with E-state index in [1.807, 2.05) is 65.8 Å². The van der Waals surface area contributed by atoms with Crippen LogP contribution in [0.1, 0.15) is 99.5 Å². The summed E-state index contributed by atoms with van der Waals surface area (Å²) in [5.41, 5.74) is 4.18. The Morgan fingerprint density at radius 3 is 1.42 bits per heavy atom. The Kier molecular flexibility index (Phi) is 9.82. The van der Waals surface area contributed by atoms with Crippen LogP contribution in [-0.4, -0.2) is 17.7 Å². The van der Waals surface area contributed by atoms with Crippen LogP contribution in [0.2, 0.25) is 0 Å². The Balaban J connectivity index is 2.43. The lowest BCUT2D eigenvalue weighted by Gasteiger charge is -2.21. The lowest BCUT2D eigenvalue weighted by molar-refractivity contribution is 0.0993. The van der Waals surface area contributed by atoms with Gasteiger partial charge in [-0.15, -0.1) is 0 Å². The third-order valence-electron chi connectivity index (χ3n) is 6.09. The van der Waals surface area contributed by atoms with Gasteiger partial charge in [0.15, 0.2) is 0 Å². The van der Waals surface area contributed by atoms with Crippen LogP contribution in [0.5, 0.6) is 0 Å². The SMILES string of the molecule is CCCCCCCCOP(=O)(C(=O)c1c(C)cc(C)cc1C)C(=O)c1c(C)cc(C)cc1C. The smallest absolute Gasteiger partial charge is 0.318 e. The number of unbranched alkanes of at least 4 members (excludes halogenated alkanes) is 5. The highest BCUT2D eigenvalue weighted by atomic mass is 31.2. The van der Waals surface area contributed by atoms with E-state index >= 15 is 0 Å². The minimum absolute atomic E-state index is 0.134. The highest BCUT2D eigenvalue weighted by molar-refractivity contribution is 7.91. The maximum atomic E-state index is 14.2. The molecule has 0 aromatic heterocycles. The first-order valence-corrected chi connectivity index (χ1v) is 13.7. The molecule has 2 aromatic rings. The third kappa shape index (κ3) is 6.52. The topological polar surface area (TPSA) is 60.4 Å². The number of hydrogen-bond donors (Lipinski definition) is 0. The van der Waals surface area contributed by atoms with Gasteiger partial charge in [0.25, 0.3) is 11.0 Å². The van der Waals surface area contributed by atoms with E-state index in [1.54, 1.807) is 0 Å². The maximum absolute atomic E-state index is 14.2. The molecule has 5 heteroatoms. The van der Waals surface area contributed by atoms with Crippen LogP contribution >= 0.6 is 7.37 Å². The normalized spacial score (nSPS) is 11.6. The summed E-state index contributed by atoms with van der Waals surface area (Å²) in [6.45, 7) is 13.5. The van der Waals surface area contributed by atoms with Gasteiger partial charge in [-0.3, -0.25) is 14.2 Å². The number of carbonyl (C=O) groups excluding carboxylic acids is 2. The molecule has 0 atom stereocenters. The fraction of sp³-hybridized carbons (Fsp3) is 0.500. The first-order chi connectivity index (χ1) is 15.5. The summed E-state index contributed by atoms with van der Waals surface area (Å²) in [4.78, 5) is 27.4. The van der Waals surface area contributed by atoms with E-state index in [0.717, 1.165) is 30.4 Å². The molecule has 0 radical (unpaired) electrons. The van der Waals surface area contributed by atoms with Crippen molar-refractivity contribution in [2.45, 2.75) is 87.0 Å². The molecule has 0 aliphatic rings. The van der Waals surface area contributed by atoms with Gasteiger partial charge in [-0.1, -0.05) is 74.4 Å². The highest BCUT2D eigenvalue weighted by Gasteiger charge is 2.44. The molecular weight excluding hydrogens is 431 g/mol. The molecule has 0 saturated carbocycles. The molecule has 0 bridgehead atoms. The van der Waals surface area contributed by atoms with Crippen LogP contribution in [0.3, 0.4) is 0 Å². The highest BCUT2D eigenvalue weighted by Crippen LogP contribution is 2.54. The van der Waals surface area contributed by atoms with Gasteiger partial charge in [-0.25, -0.2) is 0 Å². The molecule has 0 spiro atoms. The quantitative estimate of drug-likeness (QED) is 0.232. The molecule has 33 heavy (non-hydrogen) atoms. The zero-order valence-electron chi connectivity index (χ0n) is 21.3. The van der Waals surface area contributed by atoms with E-state index in [2.05, 4.69) is 6.92 Å². The van der Waals surface area contributed by atoms with E-state index in [1.165, 1.54) is 12.8 Å². The van der Waals surface area contributed by atoms with Crippen molar-refractivity contribution in [2.75, 3.05) is 6.61 Å². The van der Waals surface area contributed by atoms with E-state index in [-0.39, 0.29) is 6.61 Å². The van der Waals surface area contributed by atoms with Crippen molar-refractivity contribution in [1.82, 2.24) is 0 Å². The van der Waals surface area contributed by atoms with Crippen LogP contribution in [0, 0.1) is 41.5 Å². The van der Waals surface area contributed by atoms with Gasteiger partial charge in [-0.05, 0) is 70.2 Å². The second kappa shape index (κ2) is 11.9. The molecule has 0 aliphatic heterocycles. The second-order valence-electron chi connectivity index (χ2n) is 9.31. The zero-order valence-corrected chi connectivity index (χ0v) is 22.2. The molecule has 2 aromatic carbocycles. The van der Waals surface area contributed by atoms with Crippen LogP contribution in [0.25, 0.3) is 0 Å². The molecule has 0 aliphatic carbocycles. The summed E-state index contributed by atoms with van der Waals surface area (Å²) in [6.07, 6.45) is 6.16. The average Bonchev–Trinajstić information content (AvgIpc) is 2.71. The van der Waals surface area contributed by atoms with Crippen molar-refractivity contribution in [1.29, 1.82) is 0 Å². The Hall–Kier alpha value is -2.03. The van der Waals surface area contributed by atoms with Gasteiger partial charge in [0.2, 0.25) is 0 Å². The van der Waals surface area contributed by atoms with Crippen molar-refractivity contribution in [3.8, 4) is 0 Å². The predicted octanol–water partition coefficient (Wildman–Crippen LogP) is 8.17. The van der Waals surface area contributed by atoms with Gasteiger partial charge in [0, 0.05) is 11.1 Å². The molecule has 0 unspecified atom stereocenters. The molecule has 180 valence electrons. The summed E-state index contributed by atoms with van der Waals surface area (Å²) in [7, 11) is -4.32. The van der Waals surface area contributed by atoms with Crippen molar-refractivity contribution in [3.05, 3.63) is 68.8 Å². The number of rotatable bonds is 12. The summed E-state index contributed by atoms with van der Waals surface area (Å²) < 4.78 is 20.0. The van der Waals surface area contributed by atoms with Crippen molar-refractivity contribution in [2.24, 2.45) is 0 Å². The van der Waals surface area contributed by atoms with Crippen LogP contribution < -0.4 is 0 Å². The minimum atomic E-state index is -4.32. The zero-order chi connectivity index (χ0) is 24.8. The molecule has 0 N–H and O–H groups in total. The minimum Gasteiger partial charge on any atom is -0.318 e. The summed E-state index contributed by atoms with van der Waals surface area (Å²) in [6, 6.07) is 7.52. The lowest BCUT2D eigenvalue weighted by atomic mass is 10.0. The number of carbonyl (C=O) groups is 2. The number of hydrogen-bond acceptors (Lipinski definition) is 4. The van der Waals surface area contributed by atoms with Gasteiger partial charge < -0.3 is 4.52 Å². The average molecular weight is 471 g/mol. The lowest BCUT2D eigenvalue weighted by Crippen LogP contribution is -2.17. The third-order valence-corrected chi connectivity index (χ3v) is 8.15. The van der Waals surface area contributed by atoms with Gasteiger partial charge >= 0.3 is 7.37 Å². The molecular formula is C28H39O4P. The standard InChI is InChI=1S/C28H39O4P/c1-8-9-10-11-12-13-14-32-33(31,27(29)25-21(4)15-19(2)16-22(25)5)28(30)26-23(6)17-20(3)18-24(26)7/h15-18H,8-14H2,1-7H3. The van der Waals surface area contributed by atoms with E-state index in [4.69, 9.17) is 4.52 Å². The van der Waals surface area contributed by atoms with E-state index < -0.39 is 18.4 Å². The second-order valence-corrected chi connectivity index (χ2v) is 11.5. The molecule has 4 nitrogen and oxygen atoms in total. The molecule has 0 fully saturated rings. The van der Waals surface area contributed by atoms with Crippen molar-refractivity contribution >= 4 is 18.4 Å². The van der Waals surface area contributed by atoms with Crippen molar-refractivity contribution < 1.29 is 18.7 Å². The Bertz CT molecular complexity index is 948. The summed E-state index contributed by atoms with van der Waals surface area (Å²) in [5, 5.41) is 0. The Morgan fingerprint density at radius 2 is 1.03 bits per heavy atom. The fourth-order valence-corrected chi connectivity index (χ4v) is 6.71. The monoisotopic (exact) mass is 470 g/mol. The molecule has 0 heterocycles. The largest absolute Gasteiger partial charge is 0.340 e. The number of benzene rings is 2. The Labute approximate surface area is 199 Å². The van der Waals surface area contributed by atoms with Gasteiger partial charge in [-0.2, -0.15) is 0 Å². The summed E-state index contributed by atoms with van der Waals surface area (Å²) in [5.74, 6) is 0. The molecule has 0 saturated heterocycles. The van der Waals surface area contributed by atoms with E-state index in [9.17, 15) is 14.2 Å². The van der Waals surface area contributed by atoms with Gasteiger partial charge in [0.1, 0.15) is 0 Å². The Morgan fingerprint density at radius 1 is 0.667 bits per heavy atom. The van der Waals surface area contributed by atoms with Crippen LogP contribution in [-0.2, 0) is 9.09 Å². The first-order valence-electron chi connectivity index (χ1n) is 12.0. The van der Waals surface area contributed by atoms with Crippen LogP contribution in [0.4, 0.5) is 0 Å². The van der Waals surface area contributed by atoms with Crippen LogP contribution in [0.15, 0.2) is 24.3 Å². The molecule has 2 rings (SSSR count). The van der Waals surface area contributed by atoms with Gasteiger partial charge in [0.05, 0.1) is 6.61 Å². The summed E-state index contributed by atoms with van der Waals surface area (Å²) >= 11 is 0.